The Hall–Kier alpha value is -1.01. The summed E-state index contributed by atoms with van der Waals surface area (Å²) < 4.78 is 1.19. The van der Waals surface area contributed by atoms with Gasteiger partial charge in [-0.15, -0.1) is 0 Å². The van der Waals surface area contributed by atoms with E-state index in [9.17, 15) is 4.79 Å². The van der Waals surface area contributed by atoms with Crippen molar-refractivity contribution in [3.05, 3.63) is 43.8 Å². The largest absolute Gasteiger partial charge is 0.304 e. The van der Waals surface area contributed by atoms with Crippen LogP contribution in [0.25, 0.3) is 11.5 Å². The van der Waals surface area contributed by atoms with Crippen LogP contribution in [-0.2, 0) is 0 Å². The average Bonchev–Trinajstić information content (AvgIpc) is 2.23. The molecule has 0 unspecified atom stereocenters. The fourth-order valence-electron chi connectivity index (χ4n) is 1.06. The Morgan fingerprint density at radius 1 is 1.20 bits per heavy atom. The van der Waals surface area contributed by atoms with Crippen LogP contribution >= 0.6 is 31.9 Å². The number of nitrogens with one attached hydrogen (secondary N) is 1. The molecule has 0 fully saturated rings. The van der Waals surface area contributed by atoms with Crippen molar-refractivity contribution in [2.24, 2.45) is 0 Å². The van der Waals surface area contributed by atoms with E-state index in [1.54, 1.807) is 12.3 Å². The van der Waals surface area contributed by atoms with Gasteiger partial charge < -0.3 is 4.98 Å². The summed E-state index contributed by atoms with van der Waals surface area (Å²) in [6.07, 6.45) is 3.09. The first-order chi connectivity index (χ1) is 7.18. The second-order valence-corrected chi connectivity index (χ2v) is 4.45. The smallest absolute Gasteiger partial charge is 0.265 e. The molecule has 0 aliphatic rings. The van der Waals surface area contributed by atoms with Gasteiger partial charge in [-0.1, -0.05) is 0 Å². The van der Waals surface area contributed by atoms with Crippen molar-refractivity contribution < 1.29 is 0 Å². The van der Waals surface area contributed by atoms with E-state index in [0.29, 0.717) is 16.0 Å². The normalized spacial score (nSPS) is 10.3. The van der Waals surface area contributed by atoms with Crippen LogP contribution in [0.5, 0.6) is 0 Å². The van der Waals surface area contributed by atoms with Crippen molar-refractivity contribution in [2.45, 2.75) is 0 Å². The van der Waals surface area contributed by atoms with E-state index < -0.39 is 0 Å². The molecule has 0 radical (unpaired) electrons. The molecule has 4 nitrogen and oxygen atoms in total. The predicted octanol–water partition coefficient (Wildman–Crippen LogP) is 2.36. The monoisotopic (exact) mass is 329 g/mol. The Morgan fingerprint density at radius 3 is 2.67 bits per heavy atom. The Kier molecular flexibility index (Phi) is 2.97. The topological polar surface area (TPSA) is 58.6 Å². The minimum atomic E-state index is -0.224. The van der Waals surface area contributed by atoms with Gasteiger partial charge in [-0.3, -0.25) is 9.78 Å². The predicted molar refractivity (Wildman–Crippen MR) is 63.5 cm³/mol. The van der Waals surface area contributed by atoms with Crippen LogP contribution in [0.4, 0.5) is 0 Å². The first-order valence-electron chi connectivity index (χ1n) is 4.04. The number of halogens is 2. The fourth-order valence-corrected chi connectivity index (χ4v) is 1.70. The summed E-state index contributed by atoms with van der Waals surface area (Å²) in [6.45, 7) is 0. The minimum Gasteiger partial charge on any atom is -0.304 e. The van der Waals surface area contributed by atoms with Crippen LogP contribution in [0, 0.1) is 0 Å². The van der Waals surface area contributed by atoms with E-state index in [0.717, 1.165) is 4.47 Å². The first kappa shape index (κ1) is 10.5. The van der Waals surface area contributed by atoms with Crippen molar-refractivity contribution in [3.63, 3.8) is 0 Å². The number of rotatable bonds is 1. The number of aromatic amines is 1. The average molecular weight is 331 g/mol. The van der Waals surface area contributed by atoms with E-state index in [-0.39, 0.29) is 5.56 Å². The van der Waals surface area contributed by atoms with Crippen LogP contribution in [-0.4, -0.2) is 15.0 Å². The Bertz CT molecular complexity index is 553. The standard InChI is InChI=1S/C9H5Br2N3O/c10-5-2-1-3-12-7(5)8-13-4-6(11)9(15)14-8/h1-4H,(H,13,14,15). The van der Waals surface area contributed by atoms with Gasteiger partial charge in [0.25, 0.3) is 5.56 Å². The van der Waals surface area contributed by atoms with E-state index in [1.165, 1.54) is 6.20 Å². The lowest BCUT2D eigenvalue weighted by atomic mass is 10.3. The van der Waals surface area contributed by atoms with E-state index in [4.69, 9.17) is 0 Å². The number of hydrogen-bond acceptors (Lipinski definition) is 3. The molecule has 0 bridgehead atoms. The van der Waals surface area contributed by atoms with Crippen LogP contribution in [0.15, 0.2) is 38.3 Å². The van der Waals surface area contributed by atoms with Gasteiger partial charge in [-0.25, -0.2) is 4.98 Å². The Morgan fingerprint density at radius 2 is 2.00 bits per heavy atom. The summed E-state index contributed by atoms with van der Waals surface area (Å²) >= 11 is 6.42. The molecular formula is C9H5Br2N3O. The quantitative estimate of drug-likeness (QED) is 0.873. The lowest BCUT2D eigenvalue weighted by molar-refractivity contribution is 1.08. The molecule has 0 saturated carbocycles. The second-order valence-electron chi connectivity index (χ2n) is 2.74. The SMILES string of the molecule is O=c1[nH]c(-c2ncccc2Br)ncc1Br. The maximum atomic E-state index is 11.3. The van der Waals surface area contributed by atoms with E-state index >= 15 is 0 Å². The lowest BCUT2D eigenvalue weighted by Gasteiger charge is -2.01. The van der Waals surface area contributed by atoms with Crippen LogP contribution in [0.1, 0.15) is 0 Å². The highest BCUT2D eigenvalue weighted by molar-refractivity contribution is 9.10. The number of H-pyrrole nitrogens is 1. The van der Waals surface area contributed by atoms with Gasteiger partial charge in [-0.2, -0.15) is 0 Å². The van der Waals surface area contributed by atoms with E-state index in [2.05, 4.69) is 46.8 Å². The van der Waals surface area contributed by atoms with Crippen LogP contribution < -0.4 is 5.56 Å². The fraction of sp³-hybridized carbons (Fsp3) is 0. The van der Waals surface area contributed by atoms with Crippen molar-refractivity contribution in [2.75, 3.05) is 0 Å². The summed E-state index contributed by atoms with van der Waals surface area (Å²) in [7, 11) is 0. The van der Waals surface area contributed by atoms with Gasteiger partial charge in [0.05, 0.1) is 0 Å². The summed E-state index contributed by atoms with van der Waals surface area (Å²) in [4.78, 5) is 22.2. The zero-order valence-electron chi connectivity index (χ0n) is 7.37. The second kappa shape index (κ2) is 4.24. The molecule has 0 saturated heterocycles. The van der Waals surface area contributed by atoms with Gasteiger partial charge in [0.2, 0.25) is 0 Å². The third kappa shape index (κ3) is 2.15. The van der Waals surface area contributed by atoms with Crippen molar-refractivity contribution >= 4 is 31.9 Å². The first-order valence-corrected chi connectivity index (χ1v) is 5.63. The molecule has 2 aromatic rings. The summed E-state index contributed by atoms with van der Waals surface area (Å²) in [5.41, 5.74) is 0.389. The summed E-state index contributed by atoms with van der Waals surface area (Å²) in [5.74, 6) is 0.440. The molecule has 1 N–H and O–H groups in total. The lowest BCUT2D eigenvalue weighted by Crippen LogP contribution is -2.09. The number of aromatic nitrogens is 3. The maximum absolute atomic E-state index is 11.3. The molecule has 0 aliphatic carbocycles. The molecular weight excluding hydrogens is 326 g/mol. The highest BCUT2D eigenvalue weighted by atomic mass is 79.9. The molecule has 0 atom stereocenters. The van der Waals surface area contributed by atoms with Gasteiger partial charge >= 0.3 is 0 Å². The molecule has 0 aromatic carbocycles. The summed E-state index contributed by atoms with van der Waals surface area (Å²) in [6, 6.07) is 3.63. The van der Waals surface area contributed by atoms with Crippen LogP contribution in [0.3, 0.4) is 0 Å². The number of nitrogens with zero attached hydrogens (tertiary/aromatic N) is 2. The molecule has 2 heterocycles. The molecule has 0 aliphatic heterocycles. The zero-order valence-corrected chi connectivity index (χ0v) is 10.5. The molecule has 2 aromatic heterocycles. The maximum Gasteiger partial charge on any atom is 0.265 e. The van der Waals surface area contributed by atoms with Gasteiger partial charge in [0, 0.05) is 16.9 Å². The summed E-state index contributed by atoms with van der Waals surface area (Å²) in [5, 5.41) is 0. The van der Waals surface area contributed by atoms with Gasteiger partial charge in [-0.05, 0) is 44.0 Å². The number of pyridine rings is 1. The highest BCUT2D eigenvalue weighted by Crippen LogP contribution is 2.21. The molecule has 0 spiro atoms. The van der Waals surface area contributed by atoms with Gasteiger partial charge in [0.1, 0.15) is 10.2 Å². The Labute approximate surface area is 102 Å². The van der Waals surface area contributed by atoms with Crippen molar-refractivity contribution in [3.8, 4) is 11.5 Å². The third-order valence-electron chi connectivity index (χ3n) is 1.74. The molecule has 2 rings (SSSR count). The third-order valence-corrected chi connectivity index (χ3v) is 2.94. The Balaban J connectivity index is 2.60. The zero-order chi connectivity index (χ0) is 10.8. The van der Waals surface area contributed by atoms with Crippen LogP contribution in [0.2, 0.25) is 0 Å². The van der Waals surface area contributed by atoms with Gasteiger partial charge in [0.15, 0.2) is 5.82 Å². The molecule has 0 amide bonds. The number of hydrogen-bond donors (Lipinski definition) is 1. The molecule has 15 heavy (non-hydrogen) atoms. The molecule has 6 heteroatoms. The van der Waals surface area contributed by atoms with Crippen molar-refractivity contribution in [1.82, 2.24) is 15.0 Å². The minimum absolute atomic E-state index is 0.224. The van der Waals surface area contributed by atoms with E-state index in [1.807, 2.05) is 6.07 Å². The molecule has 76 valence electrons. The van der Waals surface area contributed by atoms with Crippen molar-refractivity contribution in [1.29, 1.82) is 0 Å². The highest BCUT2D eigenvalue weighted by Gasteiger charge is 2.07.